The van der Waals surface area contributed by atoms with Crippen LogP contribution < -0.4 is 11.1 Å². The van der Waals surface area contributed by atoms with Crippen molar-refractivity contribution < 1.29 is 9.59 Å². The summed E-state index contributed by atoms with van der Waals surface area (Å²) < 4.78 is 0. The monoisotopic (exact) mass is 345 g/mol. The zero-order chi connectivity index (χ0) is 18.1. The Labute approximate surface area is 145 Å². The van der Waals surface area contributed by atoms with Crippen LogP contribution in [0.3, 0.4) is 0 Å². The average Bonchev–Trinajstić information content (AvgIpc) is 3.04. The first-order valence-electron chi connectivity index (χ1n) is 8.23. The van der Waals surface area contributed by atoms with Crippen molar-refractivity contribution in [1.29, 1.82) is 0 Å². The molecule has 0 bridgehead atoms. The molecule has 9 nitrogen and oxygen atoms in total. The lowest BCUT2D eigenvalue weighted by molar-refractivity contribution is 0.100. The number of urea groups is 1. The van der Waals surface area contributed by atoms with Crippen molar-refractivity contribution in [3.8, 4) is 0 Å². The van der Waals surface area contributed by atoms with E-state index in [9.17, 15) is 9.59 Å². The Balaban J connectivity index is 1.83. The number of nitrogens with two attached hydrogens (primary N) is 1. The predicted octanol–water partition coefficient (Wildman–Crippen LogP) is 0.861. The molecule has 1 aliphatic heterocycles. The summed E-state index contributed by atoms with van der Waals surface area (Å²) >= 11 is 0. The van der Waals surface area contributed by atoms with Gasteiger partial charge in [0.1, 0.15) is 5.52 Å². The van der Waals surface area contributed by atoms with Crippen LogP contribution in [0.4, 0.5) is 10.5 Å². The van der Waals surface area contributed by atoms with Crippen LogP contribution in [0.2, 0.25) is 0 Å². The largest absolute Gasteiger partial charge is 0.379 e. The Morgan fingerprint density at radius 1 is 1.40 bits per heavy atom. The van der Waals surface area contributed by atoms with Crippen LogP contribution in [0.25, 0.3) is 11.2 Å². The molecule has 3 amide bonds. The Morgan fingerprint density at radius 2 is 2.16 bits per heavy atom. The molecule has 1 aliphatic rings. The van der Waals surface area contributed by atoms with E-state index in [0.717, 1.165) is 6.42 Å². The van der Waals surface area contributed by atoms with E-state index in [-0.39, 0.29) is 18.0 Å². The van der Waals surface area contributed by atoms with E-state index in [1.54, 1.807) is 19.0 Å². The number of nitrogens with one attached hydrogen (secondary N) is 2. The topological polar surface area (TPSA) is 120 Å². The number of carbonyl (C=O) groups excluding carboxylic acids is 2. The van der Waals surface area contributed by atoms with Crippen LogP contribution >= 0.6 is 0 Å². The number of H-pyrrole nitrogens is 1. The van der Waals surface area contributed by atoms with E-state index < -0.39 is 5.91 Å². The number of nitrogens with zero attached hydrogens (tertiary/aromatic N) is 4. The number of aromatic amines is 1. The molecule has 1 saturated heterocycles. The molecule has 3 rings (SSSR count). The van der Waals surface area contributed by atoms with Gasteiger partial charge in [-0.15, -0.1) is 0 Å². The molecular formula is C16H23N7O2. The first-order chi connectivity index (χ1) is 11.9. The standard InChI is InChI=1S/C16H23N7O2/c1-9-7-23(16(25)22(2)3)5-4-11(9)21-12-10(14(17)24)6-18-15-13(12)19-8-20-15/h6,8-9,11H,4-5,7H2,1-3H3,(H2,17,24)(H2,18,19,20,21)/t9-,11+/m0/s1. The van der Waals surface area contributed by atoms with Gasteiger partial charge < -0.3 is 25.8 Å². The second kappa shape index (κ2) is 6.58. The van der Waals surface area contributed by atoms with Crippen molar-refractivity contribution in [2.45, 2.75) is 19.4 Å². The van der Waals surface area contributed by atoms with Gasteiger partial charge in [-0.2, -0.15) is 0 Å². The zero-order valence-electron chi connectivity index (χ0n) is 14.6. The Hall–Kier alpha value is -2.84. The van der Waals surface area contributed by atoms with Gasteiger partial charge in [-0.3, -0.25) is 4.79 Å². The molecule has 25 heavy (non-hydrogen) atoms. The highest BCUT2D eigenvalue weighted by Crippen LogP contribution is 2.28. The van der Waals surface area contributed by atoms with Crippen molar-refractivity contribution in [2.24, 2.45) is 11.7 Å². The second-order valence-electron chi connectivity index (χ2n) is 6.65. The van der Waals surface area contributed by atoms with E-state index >= 15 is 0 Å². The van der Waals surface area contributed by atoms with Crippen molar-refractivity contribution in [3.05, 3.63) is 18.1 Å². The molecule has 9 heteroatoms. The number of anilines is 1. The Morgan fingerprint density at radius 3 is 2.80 bits per heavy atom. The summed E-state index contributed by atoms with van der Waals surface area (Å²) in [4.78, 5) is 38.7. The fraction of sp³-hybridized carbons (Fsp3) is 0.500. The van der Waals surface area contributed by atoms with Gasteiger partial charge in [0.15, 0.2) is 5.65 Å². The third kappa shape index (κ3) is 3.21. The number of hydrogen-bond acceptors (Lipinski definition) is 5. The first kappa shape index (κ1) is 17.0. The highest BCUT2D eigenvalue weighted by molar-refractivity contribution is 6.04. The van der Waals surface area contributed by atoms with Gasteiger partial charge in [0.2, 0.25) is 0 Å². The number of pyridine rings is 1. The molecule has 134 valence electrons. The maximum Gasteiger partial charge on any atom is 0.319 e. The van der Waals surface area contributed by atoms with Crippen LogP contribution in [0, 0.1) is 5.92 Å². The molecule has 0 spiro atoms. The van der Waals surface area contributed by atoms with E-state index in [2.05, 4.69) is 27.2 Å². The maximum atomic E-state index is 12.1. The van der Waals surface area contributed by atoms with Gasteiger partial charge in [0.05, 0.1) is 17.6 Å². The smallest absolute Gasteiger partial charge is 0.319 e. The third-order valence-electron chi connectivity index (χ3n) is 4.60. The fourth-order valence-corrected chi connectivity index (χ4v) is 3.22. The number of likely N-dealkylation sites (tertiary alicyclic amines) is 1. The number of piperidine rings is 1. The summed E-state index contributed by atoms with van der Waals surface area (Å²) in [6.07, 6.45) is 3.77. The number of fused-ring (bicyclic) bond motifs is 1. The number of imidazole rings is 1. The second-order valence-corrected chi connectivity index (χ2v) is 6.65. The maximum absolute atomic E-state index is 12.1. The summed E-state index contributed by atoms with van der Waals surface area (Å²) in [6, 6.07) is 0.119. The Bertz CT molecular complexity index is 801. The Kier molecular flexibility index (Phi) is 4.47. The number of rotatable bonds is 3. The third-order valence-corrected chi connectivity index (χ3v) is 4.60. The number of aromatic nitrogens is 3. The zero-order valence-corrected chi connectivity index (χ0v) is 14.6. The van der Waals surface area contributed by atoms with Gasteiger partial charge in [-0.25, -0.2) is 14.8 Å². The number of primary amides is 1. The van der Waals surface area contributed by atoms with Gasteiger partial charge in [0.25, 0.3) is 5.91 Å². The minimum atomic E-state index is -0.548. The van der Waals surface area contributed by atoms with E-state index in [0.29, 0.717) is 35.5 Å². The highest BCUT2D eigenvalue weighted by Gasteiger charge is 2.30. The minimum absolute atomic E-state index is 0.0155. The predicted molar refractivity (Wildman–Crippen MR) is 94.3 cm³/mol. The van der Waals surface area contributed by atoms with Gasteiger partial charge in [-0.05, 0) is 12.3 Å². The molecule has 0 aliphatic carbocycles. The quantitative estimate of drug-likeness (QED) is 0.762. The van der Waals surface area contributed by atoms with Crippen molar-refractivity contribution in [1.82, 2.24) is 24.8 Å². The number of amides is 3. The van der Waals surface area contributed by atoms with Gasteiger partial charge in [-0.1, -0.05) is 6.92 Å². The molecular weight excluding hydrogens is 322 g/mol. The van der Waals surface area contributed by atoms with Crippen molar-refractivity contribution in [3.63, 3.8) is 0 Å². The molecule has 3 heterocycles. The molecule has 2 aromatic rings. The van der Waals surface area contributed by atoms with E-state index in [4.69, 9.17) is 5.73 Å². The fourth-order valence-electron chi connectivity index (χ4n) is 3.22. The van der Waals surface area contributed by atoms with Crippen molar-refractivity contribution in [2.75, 3.05) is 32.5 Å². The summed E-state index contributed by atoms with van der Waals surface area (Å²) in [5, 5.41) is 3.42. The highest BCUT2D eigenvalue weighted by atomic mass is 16.2. The molecule has 2 aromatic heterocycles. The minimum Gasteiger partial charge on any atom is -0.379 e. The lowest BCUT2D eigenvalue weighted by Crippen LogP contribution is -2.50. The average molecular weight is 345 g/mol. The molecule has 4 N–H and O–H groups in total. The molecule has 0 unspecified atom stereocenters. The number of hydrogen-bond donors (Lipinski definition) is 3. The lowest BCUT2D eigenvalue weighted by Gasteiger charge is -2.38. The molecule has 0 aromatic carbocycles. The summed E-state index contributed by atoms with van der Waals surface area (Å²) in [5.74, 6) is -0.340. The molecule has 2 atom stereocenters. The van der Waals surface area contributed by atoms with Crippen LogP contribution in [0.15, 0.2) is 12.5 Å². The van der Waals surface area contributed by atoms with Gasteiger partial charge in [0, 0.05) is 39.4 Å². The SMILES string of the molecule is C[C@H]1CN(C(=O)N(C)C)CC[C@H]1Nc1c(C(N)=O)cnc2[nH]cnc12. The van der Waals surface area contributed by atoms with E-state index in [1.807, 2.05) is 4.90 Å². The summed E-state index contributed by atoms with van der Waals surface area (Å²) in [6.45, 7) is 3.38. The van der Waals surface area contributed by atoms with Crippen LogP contribution in [-0.2, 0) is 0 Å². The van der Waals surface area contributed by atoms with Gasteiger partial charge >= 0.3 is 6.03 Å². The lowest BCUT2D eigenvalue weighted by atomic mass is 9.93. The van der Waals surface area contributed by atoms with Crippen LogP contribution in [-0.4, -0.2) is 69.9 Å². The first-order valence-corrected chi connectivity index (χ1v) is 8.23. The summed E-state index contributed by atoms with van der Waals surface area (Å²) in [5.41, 5.74) is 7.60. The normalized spacial score (nSPS) is 20.5. The molecule has 1 fully saturated rings. The molecule has 0 saturated carbocycles. The molecule has 0 radical (unpaired) electrons. The van der Waals surface area contributed by atoms with Crippen molar-refractivity contribution >= 4 is 28.8 Å². The summed E-state index contributed by atoms with van der Waals surface area (Å²) in [7, 11) is 3.50. The number of carbonyl (C=O) groups is 2. The van der Waals surface area contributed by atoms with Crippen LogP contribution in [0.1, 0.15) is 23.7 Å². The van der Waals surface area contributed by atoms with E-state index in [1.165, 1.54) is 12.5 Å². The van der Waals surface area contributed by atoms with Crippen LogP contribution in [0.5, 0.6) is 0 Å².